The molecule has 1 aliphatic rings. The van der Waals surface area contributed by atoms with E-state index in [0.717, 1.165) is 10.0 Å². The quantitative estimate of drug-likeness (QED) is 0.477. The van der Waals surface area contributed by atoms with Crippen LogP contribution in [0.5, 0.6) is 0 Å². The molecule has 0 aliphatic carbocycles. The van der Waals surface area contributed by atoms with Crippen LogP contribution in [0.15, 0.2) is 40.4 Å². The van der Waals surface area contributed by atoms with Gasteiger partial charge in [-0.3, -0.25) is 0 Å². The summed E-state index contributed by atoms with van der Waals surface area (Å²) in [6.45, 7) is 3.04. The van der Waals surface area contributed by atoms with Gasteiger partial charge in [0.25, 0.3) is 5.79 Å². The third kappa shape index (κ3) is 3.44. The minimum Gasteiger partial charge on any atom is -0.419 e. The van der Waals surface area contributed by atoms with E-state index in [9.17, 15) is 9.59 Å². The van der Waals surface area contributed by atoms with Crippen LogP contribution in [0.1, 0.15) is 19.4 Å². The first-order valence-corrected chi connectivity index (χ1v) is 6.58. The molecular formula is C14H13BrO4. The van der Waals surface area contributed by atoms with Gasteiger partial charge in [0.1, 0.15) is 5.57 Å². The Balaban J connectivity index is 2.13. The smallest absolute Gasteiger partial charge is 0.348 e. The number of esters is 2. The summed E-state index contributed by atoms with van der Waals surface area (Å²) in [7, 11) is 0. The molecule has 0 radical (unpaired) electrons. The zero-order valence-corrected chi connectivity index (χ0v) is 12.2. The molecule has 0 saturated carbocycles. The molecular weight excluding hydrogens is 312 g/mol. The zero-order valence-electron chi connectivity index (χ0n) is 10.6. The Labute approximate surface area is 119 Å². The Morgan fingerprint density at radius 1 is 1.11 bits per heavy atom. The predicted octanol–water partition coefficient (Wildman–Crippen LogP) is 2.75. The highest BCUT2D eigenvalue weighted by Crippen LogP contribution is 2.23. The van der Waals surface area contributed by atoms with Crippen LogP contribution in [0, 0.1) is 0 Å². The number of hydrogen-bond donors (Lipinski definition) is 0. The summed E-state index contributed by atoms with van der Waals surface area (Å²) in [5.74, 6) is -2.47. The Hall–Kier alpha value is -1.62. The molecule has 1 aromatic carbocycles. The van der Waals surface area contributed by atoms with E-state index in [4.69, 9.17) is 9.47 Å². The van der Waals surface area contributed by atoms with Crippen molar-refractivity contribution >= 4 is 27.9 Å². The highest BCUT2D eigenvalue weighted by molar-refractivity contribution is 9.10. The summed E-state index contributed by atoms with van der Waals surface area (Å²) >= 11 is 3.34. The van der Waals surface area contributed by atoms with Gasteiger partial charge in [-0.1, -0.05) is 34.1 Å². The van der Waals surface area contributed by atoms with Crippen LogP contribution in [-0.2, 0) is 25.5 Å². The summed E-state index contributed by atoms with van der Waals surface area (Å²) < 4.78 is 11.0. The number of carbonyl (C=O) groups excluding carboxylic acids is 2. The molecule has 0 bridgehead atoms. The number of allylic oxidation sites excluding steroid dienone is 1. The van der Waals surface area contributed by atoms with E-state index in [1.165, 1.54) is 19.9 Å². The number of ether oxygens (including phenoxy) is 2. The predicted molar refractivity (Wildman–Crippen MR) is 72.2 cm³/mol. The molecule has 0 aromatic heterocycles. The highest BCUT2D eigenvalue weighted by Gasteiger charge is 2.38. The van der Waals surface area contributed by atoms with Crippen LogP contribution in [-0.4, -0.2) is 17.7 Å². The van der Waals surface area contributed by atoms with Crippen LogP contribution in [0.3, 0.4) is 0 Å². The Morgan fingerprint density at radius 2 is 1.63 bits per heavy atom. The number of cyclic esters (lactones) is 2. The van der Waals surface area contributed by atoms with Gasteiger partial charge in [-0.25, -0.2) is 9.59 Å². The third-order valence-electron chi connectivity index (χ3n) is 2.57. The minimum atomic E-state index is -1.19. The Bertz CT molecular complexity index is 521. The average molecular weight is 325 g/mol. The fraction of sp³-hybridized carbons (Fsp3) is 0.286. The van der Waals surface area contributed by atoms with Gasteiger partial charge in [0, 0.05) is 18.3 Å². The second-order valence-electron chi connectivity index (χ2n) is 4.63. The zero-order chi connectivity index (χ0) is 14.0. The van der Waals surface area contributed by atoms with E-state index in [1.54, 1.807) is 0 Å². The van der Waals surface area contributed by atoms with E-state index < -0.39 is 17.7 Å². The Morgan fingerprint density at radius 3 is 2.16 bits per heavy atom. The van der Waals surface area contributed by atoms with Crippen LogP contribution >= 0.6 is 15.9 Å². The van der Waals surface area contributed by atoms with E-state index in [2.05, 4.69) is 15.9 Å². The molecule has 19 heavy (non-hydrogen) atoms. The summed E-state index contributed by atoms with van der Waals surface area (Å²) in [5.41, 5.74) is 0.934. The molecule has 4 nitrogen and oxygen atoms in total. The summed E-state index contributed by atoms with van der Waals surface area (Å²) in [6.07, 6.45) is 2.00. The van der Waals surface area contributed by atoms with Crippen molar-refractivity contribution < 1.29 is 19.1 Å². The van der Waals surface area contributed by atoms with Crippen molar-refractivity contribution in [3.05, 3.63) is 46.0 Å². The molecule has 1 saturated heterocycles. The second-order valence-corrected chi connectivity index (χ2v) is 5.54. The summed E-state index contributed by atoms with van der Waals surface area (Å²) in [5, 5.41) is 0. The van der Waals surface area contributed by atoms with Crippen molar-refractivity contribution in [3.63, 3.8) is 0 Å². The third-order valence-corrected chi connectivity index (χ3v) is 3.10. The van der Waals surface area contributed by atoms with Crippen LogP contribution in [0.4, 0.5) is 0 Å². The topological polar surface area (TPSA) is 52.6 Å². The number of hydrogen-bond acceptors (Lipinski definition) is 4. The molecule has 1 heterocycles. The molecule has 1 aliphatic heterocycles. The SMILES string of the molecule is CC1(C)OC(=O)C(=CCc2ccc(Br)cc2)C(=O)O1. The normalized spacial score (nSPS) is 17.7. The maximum Gasteiger partial charge on any atom is 0.348 e. The van der Waals surface area contributed by atoms with Crippen LogP contribution < -0.4 is 0 Å². The maximum atomic E-state index is 11.7. The maximum absolute atomic E-state index is 11.7. The molecule has 0 amide bonds. The van der Waals surface area contributed by atoms with Gasteiger partial charge in [-0.2, -0.15) is 0 Å². The van der Waals surface area contributed by atoms with Gasteiger partial charge >= 0.3 is 11.9 Å². The molecule has 0 N–H and O–H groups in total. The first-order chi connectivity index (χ1) is 8.87. The first-order valence-electron chi connectivity index (χ1n) is 5.79. The summed E-state index contributed by atoms with van der Waals surface area (Å²) in [4.78, 5) is 23.4. The lowest BCUT2D eigenvalue weighted by molar-refractivity contribution is -0.222. The van der Waals surface area contributed by atoms with Gasteiger partial charge in [-0.15, -0.1) is 0 Å². The van der Waals surface area contributed by atoms with Crippen LogP contribution in [0.2, 0.25) is 0 Å². The van der Waals surface area contributed by atoms with Crippen molar-refractivity contribution in [2.75, 3.05) is 0 Å². The van der Waals surface area contributed by atoms with Crippen molar-refractivity contribution in [2.24, 2.45) is 0 Å². The fourth-order valence-electron chi connectivity index (χ4n) is 1.67. The molecule has 1 fully saturated rings. The highest BCUT2D eigenvalue weighted by atomic mass is 79.9. The number of benzene rings is 1. The van der Waals surface area contributed by atoms with Crippen molar-refractivity contribution in [3.8, 4) is 0 Å². The lowest BCUT2D eigenvalue weighted by Gasteiger charge is -2.29. The standard InChI is InChI=1S/C14H13BrO4/c1-14(2)18-12(16)11(13(17)19-14)8-5-9-3-6-10(15)7-4-9/h3-4,6-8H,5H2,1-2H3. The van der Waals surface area contributed by atoms with Gasteiger partial charge < -0.3 is 9.47 Å². The van der Waals surface area contributed by atoms with Gasteiger partial charge in [0.05, 0.1) is 0 Å². The molecule has 0 atom stereocenters. The number of halogens is 1. The molecule has 0 spiro atoms. The Kier molecular flexibility index (Phi) is 3.75. The van der Waals surface area contributed by atoms with Gasteiger partial charge in [-0.05, 0) is 24.1 Å². The van der Waals surface area contributed by atoms with Crippen molar-refractivity contribution in [1.82, 2.24) is 0 Å². The van der Waals surface area contributed by atoms with Crippen LogP contribution in [0.25, 0.3) is 0 Å². The van der Waals surface area contributed by atoms with E-state index in [0.29, 0.717) is 6.42 Å². The molecule has 2 rings (SSSR count). The fourth-order valence-corrected chi connectivity index (χ4v) is 1.93. The first kappa shape index (κ1) is 13.8. The lowest BCUT2D eigenvalue weighted by atomic mass is 10.1. The van der Waals surface area contributed by atoms with Crippen molar-refractivity contribution in [2.45, 2.75) is 26.1 Å². The monoisotopic (exact) mass is 324 g/mol. The molecule has 100 valence electrons. The minimum absolute atomic E-state index is 0.0535. The van der Waals surface area contributed by atoms with E-state index in [-0.39, 0.29) is 5.57 Å². The largest absolute Gasteiger partial charge is 0.419 e. The van der Waals surface area contributed by atoms with Crippen molar-refractivity contribution in [1.29, 1.82) is 0 Å². The van der Waals surface area contributed by atoms with E-state index in [1.807, 2.05) is 24.3 Å². The second kappa shape index (κ2) is 5.17. The van der Waals surface area contributed by atoms with E-state index >= 15 is 0 Å². The lowest BCUT2D eigenvalue weighted by Crippen LogP contribution is -2.41. The molecule has 1 aromatic rings. The number of carbonyl (C=O) groups is 2. The average Bonchev–Trinajstić information content (AvgIpc) is 2.29. The summed E-state index contributed by atoms with van der Waals surface area (Å²) in [6, 6.07) is 7.61. The van der Waals surface area contributed by atoms with Gasteiger partial charge in [0.15, 0.2) is 0 Å². The molecule has 5 heteroatoms. The number of rotatable bonds is 2. The van der Waals surface area contributed by atoms with Gasteiger partial charge in [0.2, 0.25) is 0 Å². The molecule has 0 unspecified atom stereocenters.